The molecule has 2 unspecified atom stereocenters. The summed E-state index contributed by atoms with van der Waals surface area (Å²) in [5, 5.41) is 14.2. The lowest BCUT2D eigenvalue weighted by Crippen LogP contribution is -2.34. The molecule has 2 atom stereocenters. The minimum Gasteiger partial charge on any atom is -0.466 e. The molecular weight excluding hydrogens is 396 g/mol. The number of hydrogen-bond acceptors (Lipinski definition) is 9. The number of nitrogens with zero attached hydrogens (tertiary/aromatic N) is 1. The third-order valence-corrected chi connectivity index (χ3v) is 4.62. The molecule has 30 heavy (non-hydrogen) atoms. The molecule has 0 aromatic heterocycles. The van der Waals surface area contributed by atoms with Crippen molar-refractivity contribution in [1.29, 1.82) is 0 Å². The highest BCUT2D eigenvalue weighted by atomic mass is 16.6. The molecule has 1 heterocycles. The van der Waals surface area contributed by atoms with Gasteiger partial charge in [-0.1, -0.05) is 12.1 Å². The van der Waals surface area contributed by atoms with Crippen LogP contribution >= 0.6 is 0 Å². The van der Waals surface area contributed by atoms with Crippen LogP contribution in [0.1, 0.15) is 32.3 Å². The molecule has 1 N–H and O–H groups in total. The normalized spacial score (nSPS) is 17.0. The van der Waals surface area contributed by atoms with E-state index in [1.54, 1.807) is 19.9 Å². The molecule has 1 aliphatic heterocycles. The lowest BCUT2D eigenvalue weighted by molar-refractivity contribution is -0.384. The van der Waals surface area contributed by atoms with Gasteiger partial charge in [0.25, 0.3) is 5.69 Å². The van der Waals surface area contributed by atoms with E-state index in [-0.39, 0.29) is 16.8 Å². The van der Waals surface area contributed by atoms with Crippen molar-refractivity contribution in [2.45, 2.75) is 32.8 Å². The van der Waals surface area contributed by atoms with Gasteiger partial charge in [-0.25, -0.2) is 14.4 Å². The summed E-state index contributed by atoms with van der Waals surface area (Å²) in [6, 6.07) is 5.59. The molecule has 0 saturated carbocycles. The molecule has 0 amide bonds. The van der Waals surface area contributed by atoms with E-state index < -0.39 is 34.9 Å². The molecule has 0 aliphatic carbocycles. The molecule has 0 bridgehead atoms. The number of carbonyl (C=O) groups excluding carboxylic acids is 3. The second-order valence-corrected chi connectivity index (χ2v) is 6.55. The number of non-ortho nitro benzene ring substituents is 1. The number of dihydropyridines is 1. The van der Waals surface area contributed by atoms with Gasteiger partial charge in [0.05, 0.1) is 36.2 Å². The lowest BCUT2D eigenvalue weighted by Gasteiger charge is -2.30. The van der Waals surface area contributed by atoms with E-state index in [2.05, 4.69) is 10.1 Å². The number of esters is 3. The standard InChI is InChI=1S/C20H22N2O8/c1-10-15(19(24)29-5)17(13-7-6-8-14(9-13)22(26)27)16(11(2)21-10)20(25)30-12(3)18(23)28-4/h6-9,12,17,21H,1-5H3. The number of benzene rings is 1. The van der Waals surface area contributed by atoms with Crippen LogP contribution in [0.5, 0.6) is 0 Å². The Kier molecular flexibility index (Phi) is 6.93. The average molecular weight is 418 g/mol. The van der Waals surface area contributed by atoms with Gasteiger partial charge in [-0.2, -0.15) is 0 Å². The predicted molar refractivity (Wildman–Crippen MR) is 104 cm³/mol. The summed E-state index contributed by atoms with van der Waals surface area (Å²) in [4.78, 5) is 47.8. The third kappa shape index (κ3) is 4.48. The summed E-state index contributed by atoms with van der Waals surface area (Å²) < 4.78 is 14.7. The number of nitro groups is 1. The van der Waals surface area contributed by atoms with Gasteiger partial charge in [0.15, 0.2) is 6.10 Å². The van der Waals surface area contributed by atoms with Crippen LogP contribution in [0.2, 0.25) is 0 Å². The average Bonchev–Trinajstić information content (AvgIpc) is 2.71. The number of rotatable bonds is 6. The fraction of sp³-hybridized carbons (Fsp3) is 0.350. The van der Waals surface area contributed by atoms with Crippen molar-refractivity contribution < 1.29 is 33.5 Å². The molecule has 10 heteroatoms. The topological polar surface area (TPSA) is 134 Å². The first-order valence-electron chi connectivity index (χ1n) is 8.92. The summed E-state index contributed by atoms with van der Waals surface area (Å²) in [6.45, 7) is 4.57. The summed E-state index contributed by atoms with van der Waals surface area (Å²) in [7, 11) is 2.35. The van der Waals surface area contributed by atoms with E-state index in [0.717, 1.165) is 7.11 Å². The lowest BCUT2D eigenvalue weighted by atomic mass is 9.80. The minimum absolute atomic E-state index is 0.0252. The summed E-state index contributed by atoms with van der Waals surface area (Å²) in [6.07, 6.45) is -1.19. The second-order valence-electron chi connectivity index (χ2n) is 6.55. The molecule has 0 fully saturated rings. The first-order valence-corrected chi connectivity index (χ1v) is 8.92. The van der Waals surface area contributed by atoms with Crippen molar-refractivity contribution in [3.8, 4) is 0 Å². The molecule has 2 rings (SSSR count). The van der Waals surface area contributed by atoms with Gasteiger partial charge in [0.2, 0.25) is 0 Å². The Morgan fingerprint density at radius 1 is 1.07 bits per heavy atom. The SMILES string of the molecule is COC(=O)C1=C(C)NC(C)=C(C(=O)OC(C)C(=O)OC)C1c1cccc([N+](=O)[O-])c1. The Hall–Kier alpha value is -3.69. The number of allylic oxidation sites excluding steroid dienone is 2. The van der Waals surface area contributed by atoms with E-state index in [4.69, 9.17) is 9.47 Å². The van der Waals surface area contributed by atoms with Gasteiger partial charge in [0.1, 0.15) is 0 Å². The van der Waals surface area contributed by atoms with E-state index in [1.165, 1.54) is 32.2 Å². The van der Waals surface area contributed by atoms with Crippen LogP contribution in [0.15, 0.2) is 46.8 Å². The Bertz CT molecular complexity index is 963. The maximum atomic E-state index is 13.0. The number of methoxy groups -OCH3 is 2. The van der Waals surface area contributed by atoms with Crippen LogP contribution < -0.4 is 5.32 Å². The van der Waals surface area contributed by atoms with Gasteiger partial charge in [-0.05, 0) is 26.3 Å². The quantitative estimate of drug-likeness (QED) is 0.319. The molecule has 160 valence electrons. The summed E-state index contributed by atoms with van der Waals surface area (Å²) in [5.74, 6) is -3.34. The zero-order chi connectivity index (χ0) is 22.6. The largest absolute Gasteiger partial charge is 0.466 e. The number of nitro benzene ring substituents is 1. The highest BCUT2D eigenvalue weighted by molar-refractivity contribution is 6.00. The van der Waals surface area contributed by atoms with Crippen LogP contribution in [-0.4, -0.2) is 43.2 Å². The van der Waals surface area contributed by atoms with E-state index in [9.17, 15) is 24.5 Å². The van der Waals surface area contributed by atoms with Crippen LogP contribution in [0.3, 0.4) is 0 Å². The number of carbonyl (C=O) groups is 3. The smallest absolute Gasteiger partial charge is 0.346 e. The van der Waals surface area contributed by atoms with Crippen molar-refractivity contribution in [3.05, 3.63) is 62.5 Å². The fourth-order valence-corrected chi connectivity index (χ4v) is 3.23. The number of nitrogens with one attached hydrogen (secondary N) is 1. The van der Waals surface area contributed by atoms with Crippen molar-refractivity contribution in [3.63, 3.8) is 0 Å². The zero-order valence-electron chi connectivity index (χ0n) is 17.2. The van der Waals surface area contributed by atoms with E-state index in [1.807, 2.05) is 0 Å². The fourth-order valence-electron chi connectivity index (χ4n) is 3.23. The Labute approximate surface area is 172 Å². The Balaban J connectivity index is 2.63. The minimum atomic E-state index is -1.19. The predicted octanol–water partition coefficient (Wildman–Crippen LogP) is 2.11. The number of ether oxygens (including phenoxy) is 3. The zero-order valence-corrected chi connectivity index (χ0v) is 17.2. The summed E-state index contributed by atoms with van der Waals surface area (Å²) in [5.41, 5.74) is 1.04. The Morgan fingerprint density at radius 2 is 1.67 bits per heavy atom. The van der Waals surface area contributed by atoms with E-state index >= 15 is 0 Å². The molecule has 1 aliphatic rings. The molecule has 10 nitrogen and oxygen atoms in total. The van der Waals surface area contributed by atoms with Crippen molar-refractivity contribution in [1.82, 2.24) is 5.32 Å². The van der Waals surface area contributed by atoms with Gasteiger partial charge in [-0.3, -0.25) is 10.1 Å². The summed E-state index contributed by atoms with van der Waals surface area (Å²) >= 11 is 0. The van der Waals surface area contributed by atoms with Crippen LogP contribution in [0.4, 0.5) is 5.69 Å². The maximum Gasteiger partial charge on any atom is 0.346 e. The third-order valence-electron chi connectivity index (χ3n) is 4.62. The molecule has 0 radical (unpaired) electrons. The van der Waals surface area contributed by atoms with Crippen molar-refractivity contribution in [2.75, 3.05) is 14.2 Å². The van der Waals surface area contributed by atoms with E-state index in [0.29, 0.717) is 17.0 Å². The first kappa shape index (κ1) is 22.6. The number of hydrogen-bond donors (Lipinski definition) is 1. The highest BCUT2D eigenvalue weighted by Crippen LogP contribution is 2.40. The van der Waals surface area contributed by atoms with Gasteiger partial charge < -0.3 is 19.5 Å². The van der Waals surface area contributed by atoms with Crippen molar-refractivity contribution >= 4 is 23.6 Å². The molecule has 1 aromatic rings. The molecule has 0 saturated heterocycles. The van der Waals surface area contributed by atoms with Crippen molar-refractivity contribution in [2.24, 2.45) is 0 Å². The second kappa shape index (κ2) is 9.21. The highest BCUT2D eigenvalue weighted by Gasteiger charge is 2.39. The first-order chi connectivity index (χ1) is 14.1. The molecule has 0 spiro atoms. The van der Waals surface area contributed by atoms with Crippen LogP contribution in [0.25, 0.3) is 0 Å². The molecular formula is C20H22N2O8. The monoisotopic (exact) mass is 418 g/mol. The van der Waals surface area contributed by atoms with Crippen LogP contribution in [-0.2, 0) is 28.6 Å². The van der Waals surface area contributed by atoms with Gasteiger partial charge >= 0.3 is 17.9 Å². The van der Waals surface area contributed by atoms with Gasteiger partial charge in [-0.15, -0.1) is 0 Å². The maximum absolute atomic E-state index is 13.0. The Morgan fingerprint density at radius 3 is 2.20 bits per heavy atom. The van der Waals surface area contributed by atoms with Gasteiger partial charge in [0, 0.05) is 23.5 Å². The van der Waals surface area contributed by atoms with Crippen LogP contribution in [0, 0.1) is 10.1 Å². The molecule has 1 aromatic carbocycles.